The van der Waals surface area contributed by atoms with Gasteiger partial charge >= 0.3 is 0 Å². The molecule has 1 aliphatic heterocycles. The summed E-state index contributed by atoms with van der Waals surface area (Å²) in [4.78, 5) is 4.71. The Morgan fingerprint density at radius 3 is 2.74 bits per heavy atom. The van der Waals surface area contributed by atoms with E-state index in [0.717, 1.165) is 21.6 Å². The Labute approximate surface area is 121 Å². The molecule has 0 radical (unpaired) electrons. The van der Waals surface area contributed by atoms with Crippen molar-refractivity contribution in [1.29, 1.82) is 0 Å². The van der Waals surface area contributed by atoms with Crippen molar-refractivity contribution in [3.8, 4) is 0 Å². The lowest BCUT2D eigenvalue weighted by Crippen LogP contribution is -2.04. The third kappa shape index (κ3) is 3.11. The summed E-state index contributed by atoms with van der Waals surface area (Å²) < 4.78 is 0. The van der Waals surface area contributed by atoms with Crippen molar-refractivity contribution in [3.63, 3.8) is 0 Å². The molecule has 1 heterocycles. The quantitative estimate of drug-likeness (QED) is 0.873. The van der Waals surface area contributed by atoms with Gasteiger partial charge in [-0.1, -0.05) is 59.8 Å². The molecule has 1 N–H and O–H groups in total. The third-order valence-corrected chi connectivity index (χ3v) is 4.11. The maximum absolute atomic E-state index is 5.97. The van der Waals surface area contributed by atoms with Crippen LogP contribution < -0.4 is 5.32 Å². The van der Waals surface area contributed by atoms with Gasteiger partial charge in [0.25, 0.3) is 0 Å². The number of hydrogen-bond acceptors (Lipinski definition) is 3. The number of nitrogens with one attached hydrogen (secondary N) is 1. The number of halogens is 1. The molecule has 0 aromatic heterocycles. The fourth-order valence-corrected chi connectivity index (χ4v) is 3.14. The van der Waals surface area contributed by atoms with E-state index in [0.29, 0.717) is 0 Å². The highest BCUT2D eigenvalue weighted by atomic mass is 35.5. The van der Waals surface area contributed by atoms with Gasteiger partial charge in [0.1, 0.15) is 0 Å². The molecule has 0 bridgehead atoms. The van der Waals surface area contributed by atoms with Crippen LogP contribution in [-0.4, -0.2) is 10.9 Å². The van der Waals surface area contributed by atoms with Crippen molar-refractivity contribution in [1.82, 2.24) is 0 Å². The summed E-state index contributed by atoms with van der Waals surface area (Å²) in [6, 6.07) is 18.3. The molecular weight excluding hydrogens is 276 g/mol. The Morgan fingerprint density at radius 1 is 1.11 bits per heavy atom. The van der Waals surface area contributed by atoms with Crippen molar-refractivity contribution in [2.45, 2.75) is 6.04 Å². The summed E-state index contributed by atoms with van der Waals surface area (Å²) in [7, 11) is 0. The Balaban J connectivity index is 1.74. The molecule has 0 spiro atoms. The first-order valence-electron chi connectivity index (χ1n) is 6.09. The molecule has 0 aliphatic carbocycles. The fraction of sp³-hybridized carbons (Fsp3) is 0.133. The van der Waals surface area contributed by atoms with E-state index in [1.807, 2.05) is 30.3 Å². The Morgan fingerprint density at radius 2 is 1.95 bits per heavy atom. The van der Waals surface area contributed by atoms with Crippen LogP contribution in [0.15, 0.2) is 59.6 Å². The summed E-state index contributed by atoms with van der Waals surface area (Å²) in [5, 5.41) is 4.99. The standard InChI is InChI=1S/C15H13ClN2S/c16-12-7-4-8-13(9-12)17-15-18-14(10-19-15)11-5-2-1-3-6-11/h1-9,14H,10H2,(H,17,18). The van der Waals surface area contributed by atoms with Gasteiger partial charge in [0.05, 0.1) is 6.04 Å². The molecule has 3 rings (SSSR count). The Hall–Kier alpha value is -1.45. The summed E-state index contributed by atoms with van der Waals surface area (Å²) in [6.07, 6.45) is 0. The number of rotatable bonds is 2. The molecule has 96 valence electrons. The van der Waals surface area contributed by atoms with Crippen LogP contribution in [0.4, 0.5) is 5.69 Å². The van der Waals surface area contributed by atoms with E-state index < -0.39 is 0 Å². The first-order chi connectivity index (χ1) is 9.31. The molecule has 2 aromatic rings. The van der Waals surface area contributed by atoms with Gasteiger partial charge in [-0.25, -0.2) is 0 Å². The number of thioether (sulfide) groups is 1. The molecule has 0 saturated heterocycles. The molecule has 0 amide bonds. The summed E-state index contributed by atoms with van der Waals surface area (Å²) >= 11 is 7.71. The van der Waals surface area contributed by atoms with Crippen LogP contribution in [0.3, 0.4) is 0 Å². The highest BCUT2D eigenvalue weighted by molar-refractivity contribution is 8.14. The number of nitrogens with zero attached hydrogens (tertiary/aromatic N) is 1. The zero-order valence-corrected chi connectivity index (χ0v) is 11.8. The van der Waals surface area contributed by atoms with Crippen LogP contribution in [0.5, 0.6) is 0 Å². The molecule has 1 atom stereocenters. The fourth-order valence-electron chi connectivity index (χ4n) is 1.98. The van der Waals surface area contributed by atoms with E-state index in [1.54, 1.807) is 11.8 Å². The van der Waals surface area contributed by atoms with Crippen molar-refractivity contribution < 1.29 is 0 Å². The van der Waals surface area contributed by atoms with Crippen LogP contribution in [0.2, 0.25) is 5.02 Å². The van der Waals surface area contributed by atoms with Crippen molar-refractivity contribution in [3.05, 3.63) is 65.2 Å². The molecule has 0 saturated carbocycles. The largest absolute Gasteiger partial charge is 0.335 e. The molecule has 4 heteroatoms. The van der Waals surface area contributed by atoms with Gasteiger partial charge < -0.3 is 5.32 Å². The average molecular weight is 289 g/mol. The molecule has 1 unspecified atom stereocenters. The number of benzene rings is 2. The zero-order chi connectivity index (χ0) is 13.1. The van der Waals surface area contributed by atoms with Crippen LogP contribution in [-0.2, 0) is 0 Å². The summed E-state index contributed by atoms with van der Waals surface area (Å²) in [5.41, 5.74) is 2.24. The number of amidine groups is 1. The van der Waals surface area contributed by atoms with Gasteiger partial charge in [-0.3, -0.25) is 4.99 Å². The second-order valence-electron chi connectivity index (χ2n) is 4.31. The van der Waals surface area contributed by atoms with Crippen LogP contribution in [0.25, 0.3) is 0 Å². The molecule has 2 nitrogen and oxygen atoms in total. The number of aliphatic imine (C=N–C) groups is 1. The molecule has 1 aliphatic rings. The van der Waals surface area contributed by atoms with Gasteiger partial charge in [0.15, 0.2) is 5.17 Å². The lowest BCUT2D eigenvalue weighted by molar-refractivity contribution is 0.849. The molecular formula is C15H13ClN2S. The highest BCUT2D eigenvalue weighted by Crippen LogP contribution is 2.30. The smallest absolute Gasteiger partial charge is 0.161 e. The van der Waals surface area contributed by atoms with Crippen LogP contribution in [0, 0.1) is 0 Å². The van der Waals surface area contributed by atoms with E-state index in [4.69, 9.17) is 16.6 Å². The summed E-state index contributed by atoms with van der Waals surface area (Å²) in [5.74, 6) is 0.979. The first-order valence-corrected chi connectivity index (χ1v) is 7.46. The monoisotopic (exact) mass is 288 g/mol. The highest BCUT2D eigenvalue weighted by Gasteiger charge is 2.19. The average Bonchev–Trinajstić information content (AvgIpc) is 2.88. The van der Waals surface area contributed by atoms with Crippen molar-refractivity contribution in [2.24, 2.45) is 4.99 Å². The van der Waals surface area contributed by atoms with Gasteiger partial charge in [-0.2, -0.15) is 0 Å². The second kappa shape index (κ2) is 5.68. The number of hydrogen-bond donors (Lipinski definition) is 1. The Bertz CT molecular complexity index is 598. The van der Waals surface area contributed by atoms with E-state index >= 15 is 0 Å². The van der Waals surface area contributed by atoms with Crippen LogP contribution in [0.1, 0.15) is 11.6 Å². The van der Waals surface area contributed by atoms with Crippen LogP contribution >= 0.6 is 23.4 Å². The van der Waals surface area contributed by atoms with Crippen molar-refractivity contribution >= 4 is 34.2 Å². The minimum Gasteiger partial charge on any atom is -0.335 e. The lowest BCUT2D eigenvalue weighted by atomic mass is 10.1. The minimum atomic E-state index is 0.243. The van der Waals surface area contributed by atoms with Gasteiger partial charge in [-0.15, -0.1) is 0 Å². The molecule has 0 fully saturated rings. The zero-order valence-electron chi connectivity index (χ0n) is 10.2. The van der Waals surface area contributed by atoms with Crippen molar-refractivity contribution in [2.75, 3.05) is 11.1 Å². The second-order valence-corrected chi connectivity index (χ2v) is 5.75. The van der Waals surface area contributed by atoms with Gasteiger partial charge in [0.2, 0.25) is 0 Å². The predicted octanol–water partition coefficient (Wildman–Crippen LogP) is 4.60. The van der Waals surface area contributed by atoms with E-state index in [1.165, 1.54) is 5.56 Å². The SMILES string of the molecule is Clc1cccc(NC2=NC(c3ccccc3)CS2)c1. The lowest BCUT2D eigenvalue weighted by Gasteiger charge is -2.05. The number of anilines is 1. The predicted molar refractivity (Wildman–Crippen MR) is 84.2 cm³/mol. The van der Waals surface area contributed by atoms with E-state index in [-0.39, 0.29) is 6.04 Å². The summed E-state index contributed by atoms with van der Waals surface area (Å²) in [6.45, 7) is 0. The Kier molecular flexibility index (Phi) is 3.76. The van der Waals surface area contributed by atoms with Gasteiger partial charge in [-0.05, 0) is 23.8 Å². The molecule has 19 heavy (non-hydrogen) atoms. The molecule has 2 aromatic carbocycles. The third-order valence-electron chi connectivity index (χ3n) is 2.91. The topological polar surface area (TPSA) is 24.4 Å². The maximum atomic E-state index is 5.97. The van der Waals surface area contributed by atoms with Gasteiger partial charge in [0, 0.05) is 16.5 Å². The minimum absolute atomic E-state index is 0.243. The van der Waals surface area contributed by atoms with E-state index in [2.05, 4.69) is 29.6 Å². The first kappa shape index (κ1) is 12.6. The maximum Gasteiger partial charge on any atom is 0.161 e. The normalized spacial score (nSPS) is 18.2. The van der Waals surface area contributed by atoms with E-state index in [9.17, 15) is 0 Å².